The van der Waals surface area contributed by atoms with Gasteiger partial charge in [0.25, 0.3) is 0 Å². The number of aromatic nitrogens is 2. The fourth-order valence-corrected chi connectivity index (χ4v) is 2.59. The number of nitrogens with zero attached hydrogens (tertiary/aromatic N) is 2. The number of hydrogen-bond donors (Lipinski definition) is 1. The minimum absolute atomic E-state index is 0.528. The predicted molar refractivity (Wildman–Crippen MR) is 90.8 cm³/mol. The molecule has 0 fully saturated rings. The fourth-order valence-electron chi connectivity index (χ4n) is 2.59. The lowest BCUT2D eigenvalue weighted by molar-refractivity contribution is 0.505. The van der Waals surface area contributed by atoms with Gasteiger partial charge in [-0.25, -0.2) is 4.98 Å². The Balaban J connectivity index is 2.25. The summed E-state index contributed by atoms with van der Waals surface area (Å²) in [5.74, 6) is 1.93. The summed E-state index contributed by atoms with van der Waals surface area (Å²) in [6.45, 7) is 13.1. The van der Waals surface area contributed by atoms with Crippen LogP contribution in [0.2, 0.25) is 0 Å². The van der Waals surface area contributed by atoms with Gasteiger partial charge >= 0.3 is 0 Å². The second-order valence-corrected chi connectivity index (χ2v) is 6.71. The molecule has 1 aromatic carbocycles. The number of imidazole rings is 1. The molecule has 0 unspecified atom stereocenters. The van der Waals surface area contributed by atoms with Gasteiger partial charge in [-0.3, -0.25) is 0 Å². The zero-order valence-corrected chi connectivity index (χ0v) is 14.1. The van der Waals surface area contributed by atoms with Gasteiger partial charge in [-0.1, -0.05) is 33.8 Å². The van der Waals surface area contributed by atoms with E-state index in [2.05, 4.69) is 62.7 Å². The van der Waals surface area contributed by atoms with E-state index in [4.69, 9.17) is 4.98 Å². The van der Waals surface area contributed by atoms with Crippen LogP contribution in [0.1, 0.15) is 45.5 Å². The van der Waals surface area contributed by atoms with Gasteiger partial charge in [-0.2, -0.15) is 0 Å². The van der Waals surface area contributed by atoms with Gasteiger partial charge in [0.15, 0.2) is 0 Å². The minimum atomic E-state index is 0.528. The quantitative estimate of drug-likeness (QED) is 0.836. The summed E-state index contributed by atoms with van der Waals surface area (Å²) in [7, 11) is 0. The van der Waals surface area contributed by atoms with Crippen molar-refractivity contribution in [3.63, 3.8) is 0 Å². The highest BCUT2D eigenvalue weighted by Crippen LogP contribution is 2.19. The van der Waals surface area contributed by atoms with Crippen LogP contribution in [0.4, 0.5) is 0 Å². The third-order valence-corrected chi connectivity index (χ3v) is 3.81. The summed E-state index contributed by atoms with van der Waals surface area (Å²) in [6.07, 6.45) is 2.19. The van der Waals surface area contributed by atoms with Crippen LogP contribution in [-0.4, -0.2) is 22.1 Å². The van der Waals surface area contributed by atoms with Crippen LogP contribution in [0.5, 0.6) is 0 Å². The van der Waals surface area contributed by atoms with Crippen LogP contribution in [0.15, 0.2) is 18.2 Å². The average Bonchev–Trinajstić information content (AvgIpc) is 2.72. The van der Waals surface area contributed by atoms with E-state index < -0.39 is 0 Å². The summed E-state index contributed by atoms with van der Waals surface area (Å²) < 4.78 is 2.41. The molecule has 1 N–H and O–H groups in total. The Kier molecular flexibility index (Phi) is 5.40. The van der Waals surface area contributed by atoms with E-state index in [9.17, 15) is 0 Å². The van der Waals surface area contributed by atoms with Gasteiger partial charge in [-0.05, 0) is 37.0 Å². The fraction of sp³-hybridized carbons (Fsp3) is 0.611. The van der Waals surface area contributed by atoms with E-state index in [-0.39, 0.29) is 0 Å². The van der Waals surface area contributed by atoms with Crippen LogP contribution < -0.4 is 5.32 Å². The molecule has 21 heavy (non-hydrogen) atoms. The Morgan fingerprint density at radius 1 is 1.19 bits per heavy atom. The second kappa shape index (κ2) is 7.08. The van der Waals surface area contributed by atoms with Gasteiger partial charge in [0.2, 0.25) is 0 Å². The van der Waals surface area contributed by atoms with Crippen LogP contribution in [0.3, 0.4) is 0 Å². The average molecular weight is 287 g/mol. The molecule has 1 aromatic heterocycles. The summed E-state index contributed by atoms with van der Waals surface area (Å²) >= 11 is 0. The number of rotatable bonds is 7. The molecule has 3 heteroatoms. The van der Waals surface area contributed by atoms with Crippen molar-refractivity contribution >= 4 is 11.0 Å². The Labute approximate surface area is 128 Å². The Bertz CT molecular complexity index is 581. The lowest BCUT2D eigenvalue weighted by Gasteiger charge is -2.12. The molecular formula is C18H29N3. The van der Waals surface area contributed by atoms with E-state index >= 15 is 0 Å². The molecule has 0 amide bonds. The molecule has 116 valence electrons. The lowest BCUT2D eigenvalue weighted by atomic mass is 10.1. The molecule has 3 nitrogen and oxygen atoms in total. The second-order valence-electron chi connectivity index (χ2n) is 6.71. The van der Waals surface area contributed by atoms with Gasteiger partial charge in [-0.15, -0.1) is 0 Å². The lowest BCUT2D eigenvalue weighted by Crippen LogP contribution is -2.26. The molecule has 0 aliphatic carbocycles. The monoisotopic (exact) mass is 287 g/mol. The summed E-state index contributed by atoms with van der Waals surface area (Å²) in [6, 6.07) is 7.13. The topological polar surface area (TPSA) is 29.9 Å². The zero-order chi connectivity index (χ0) is 15.4. The normalized spacial score (nSPS) is 12.0. The van der Waals surface area contributed by atoms with Crippen molar-refractivity contribution in [2.75, 3.05) is 6.54 Å². The third kappa shape index (κ3) is 4.31. The Morgan fingerprint density at radius 3 is 2.62 bits per heavy atom. The van der Waals surface area contributed by atoms with Crippen LogP contribution in [0.25, 0.3) is 11.0 Å². The first-order valence-electron chi connectivity index (χ1n) is 8.16. The van der Waals surface area contributed by atoms with Crippen LogP contribution in [-0.2, 0) is 13.0 Å². The van der Waals surface area contributed by atoms with E-state index in [1.54, 1.807) is 0 Å². The molecule has 1 heterocycles. The van der Waals surface area contributed by atoms with Crippen LogP contribution in [0, 0.1) is 12.8 Å². The molecule has 0 aliphatic rings. The van der Waals surface area contributed by atoms with Crippen molar-refractivity contribution in [1.82, 2.24) is 14.9 Å². The molecule has 0 saturated heterocycles. The SMILES string of the molecule is Cc1ccc2c(c1)nc(CCNC(C)C)n2CCC(C)C. The van der Waals surface area contributed by atoms with Crippen molar-refractivity contribution in [2.45, 2.75) is 60.0 Å². The summed E-state index contributed by atoms with van der Waals surface area (Å²) in [5.41, 5.74) is 3.70. The third-order valence-electron chi connectivity index (χ3n) is 3.81. The van der Waals surface area contributed by atoms with Crippen LogP contribution >= 0.6 is 0 Å². The highest BCUT2D eigenvalue weighted by molar-refractivity contribution is 5.76. The van der Waals surface area contributed by atoms with Crippen molar-refractivity contribution in [3.8, 4) is 0 Å². The van der Waals surface area contributed by atoms with E-state index in [1.165, 1.54) is 23.3 Å². The molecule has 2 aromatic rings. The molecule has 0 bridgehead atoms. The number of benzene rings is 1. The maximum absolute atomic E-state index is 4.87. The highest BCUT2D eigenvalue weighted by Gasteiger charge is 2.11. The number of nitrogens with one attached hydrogen (secondary N) is 1. The molecule has 0 saturated carbocycles. The summed E-state index contributed by atoms with van der Waals surface area (Å²) in [5, 5.41) is 3.49. The molecule has 0 aliphatic heterocycles. The summed E-state index contributed by atoms with van der Waals surface area (Å²) in [4.78, 5) is 4.87. The van der Waals surface area contributed by atoms with Crippen molar-refractivity contribution in [2.24, 2.45) is 5.92 Å². The molecule has 0 spiro atoms. The van der Waals surface area contributed by atoms with Crippen molar-refractivity contribution in [1.29, 1.82) is 0 Å². The molecule has 0 radical (unpaired) electrons. The van der Waals surface area contributed by atoms with Crippen molar-refractivity contribution in [3.05, 3.63) is 29.6 Å². The van der Waals surface area contributed by atoms with Gasteiger partial charge in [0.1, 0.15) is 5.82 Å². The first kappa shape index (κ1) is 16.0. The first-order chi connectivity index (χ1) is 9.97. The standard InChI is InChI=1S/C18H29N3/c1-13(2)9-11-21-17-7-6-15(5)12-16(17)20-18(21)8-10-19-14(3)4/h6-7,12-14,19H,8-11H2,1-5H3. The van der Waals surface area contributed by atoms with E-state index in [1.807, 2.05) is 0 Å². The smallest absolute Gasteiger partial charge is 0.111 e. The van der Waals surface area contributed by atoms with Gasteiger partial charge in [0, 0.05) is 25.6 Å². The predicted octanol–water partition coefficient (Wildman–Crippen LogP) is 3.93. The Hall–Kier alpha value is -1.35. The number of hydrogen-bond acceptors (Lipinski definition) is 2. The van der Waals surface area contributed by atoms with E-state index in [0.29, 0.717) is 6.04 Å². The zero-order valence-electron chi connectivity index (χ0n) is 14.1. The van der Waals surface area contributed by atoms with E-state index in [0.717, 1.165) is 30.9 Å². The number of aryl methyl sites for hydroxylation is 2. The Morgan fingerprint density at radius 2 is 1.95 bits per heavy atom. The molecule has 2 rings (SSSR count). The maximum Gasteiger partial charge on any atom is 0.111 e. The minimum Gasteiger partial charge on any atom is -0.328 e. The highest BCUT2D eigenvalue weighted by atomic mass is 15.1. The first-order valence-corrected chi connectivity index (χ1v) is 8.16. The molecular weight excluding hydrogens is 258 g/mol. The largest absolute Gasteiger partial charge is 0.328 e. The maximum atomic E-state index is 4.87. The van der Waals surface area contributed by atoms with Crippen molar-refractivity contribution < 1.29 is 0 Å². The molecule has 0 atom stereocenters. The van der Waals surface area contributed by atoms with Gasteiger partial charge < -0.3 is 9.88 Å². The van der Waals surface area contributed by atoms with Gasteiger partial charge in [0.05, 0.1) is 11.0 Å². The number of fused-ring (bicyclic) bond motifs is 1.